The highest BCUT2D eigenvalue weighted by Crippen LogP contribution is 2.17. The first-order valence-corrected chi connectivity index (χ1v) is 5.46. The number of likely N-dealkylation sites (N-methyl/N-ethyl adjacent to an activating group) is 1. The topological polar surface area (TPSA) is 61.4 Å². The van der Waals surface area contributed by atoms with Crippen LogP contribution in [0.2, 0.25) is 0 Å². The number of rotatable bonds is 3. The van der Waals surface area contributed by atoms with Gasteiger partial charge in [0.25, 0.3) is 0 Å². The Bertz CT molecular complexity index is 243. The van der Waals surface area contributed by atoms with E-state index in [0.717, 1.165) is 19.3 Å². The van der Waals surface area contributed by atoms with Crippen molar-refractivity contribution in [1.29, 1.82) is 0 Å². The first-order chi connectivity index (χ1) is 7.20. The van der Waals surface area contributed by atoms with Gasteiger partial charge >= 0.3 is 6.03 Å². The van der Waals surface area contributed by atoms with Crippen LogP contribution in [0.3, 0.4) is 0 Å². The molecule has 0 aliphatic carbocycles. The molecule has 0 radical (unpaired) electrons. The molecular weight excluding hydrogens is 194 g/mol. The quantitative estimate of drug-likeness (QED) is 0.709. The lowest BCUT2D eigenvalue weighted by Crippen LogP contribution is -2.48. The molecule has 0 spiro atoms. The summed E-state index contributed by atoms with van der Waals surface area (Å²) in [5.74, 6) is -0.0702. The standard InChI is InChI=1S/C10H19N3O2/c1-3-6-12-10(15)13-7-4-5-8(13)9(14)11-2/h8H,3-7H2,1-2H3,(H,11,14)(H,12,15). The molecule has 0 aromatic heterocycles. The largest absolute Gasteiger partial charge is 0.357 e. The Morgan fingerprint density at radius 2 is 2.20 bits per heavy atom. The van der Waals surface area contributed by atoms with Crippen LogP contribution in [0.4, 0.5) is 4.79 Å². The van der Waals surface area contributed by atoms with E-state index in [1.54, 1.807) is 11.9 Å². The number of amides is 3. The molecule has 1 fully saturated rings. The smallest absolute Gasteiger partial charge is 0.318 e. The first kappa shape index (κ1) is 11.8. The van der Waals surface area contributed by atoms with Crippen LogP contribution < -0.4 is 10.6 Å². The van der Waals surface area contributed by atoms with E-state index < -0.39 is 0 Å². The van der Waals surface area contributed by atoms with Gasteiger partial charge < -0.3 is 15.5 Å². The molecule has 1 atom stereocenters. The number of nitrogens with zero attached hydrogens (tertiary/aromatic N) is 1. The van der Waals surface area contributed by atoms with Crippen LogP contribution in [0, 0.1) is 0 Å². The van der Waals surface area contributed by atoms with Crippen molar-refractivity contribution in [2.45, 2.75) is 32.2 Å². The minimum atomic E-state index is -0.285. The van der Waals surface area contributed by atoms with Gasteiger partial charge in [0.15, 0.2) is 0 Å². The van der Waals surface area contributed by atoms with Gasteiger partial charge in [-0.1, -0.05) is 6.92 Å². The lowest BCUT2D eigenvalue weighted by Gasteiger charge is -2.23. The molecule has 3 amide bonds. The highest BCUT2D eigenvalue weighted by Gasteiger charge is 2.33. The van der Waals surface area contributed by atoms with Crippen molar-refractivity contribution in [3.8, 4) is 0 Å². The first-order valence-electron chi connectivity index (χ1n) is 5.46. The normalized spacial score (nSPS) is 20.1. The van der Waals surface area contributed by atoms with Gasteiger partial charge in [-0.3, -0.25) is 4.79 Å². The summed E-state index contributed by atoms with van der Waals surface area (Å²) >= 11 is 0. The molecular formula is C10H19N3O2. The van der Waals surface area contributed by atoms with Crippen LogP contribution in [0.15, 0.2) is 0 Å². The van der Waals surface area contributed by atoms with Gasteiger partial charge in [0.2, 0.25) is 5.91 Å². The number of nitrogens with one attached hydrogen (secondary N) is 2. The molecule has 15 heavy (non-hydrogen) atoms. The molecule has 1 aliphatic heterocycles. The lowest BCUT2D eigenvalue weighted by molar-refractivity contribution is -0.124. The second-order valence-corrected chi connectivity index (χ2v) is 3.70. The molecule has 1 rings (SSSR count). The summed E-state index contributed by atoms with van der Waals surface area (Å²) in [6, 6.07) is -0.408. The number of urea groups is 1. The number of hydrogen-bond acceptors (Lipinski definition) is 2. The second-order valence-electron chi connectivity index (χ2n) is 3.70. The maximum absolute atomic E-state index is 11.7. The Morgan fingerprint density at radius 3 is 2.80 bits per heavy atom. The molecule has 0 saturated carbocycles. The van der Waals surface area contributed by atoms with Gasteiger partial charge in [-0.2, -0.15) is 0 Å². The highest BCUT2D eigenvalue weighted by molar-refractivity contribution is 5.87. The fraction of sp³-hybridized carbons (Fsp3) is 0.800. The van der Waals surface area contributed by atoms with Crippen LogP contribution in [0.25, 0.3) is 0 Å². The molecule has 1 aliphatic rings. The molecule has 86 valence electrons. The average Bonchev–Trinajstić information content (AvgIpc) is 2.73. The predicted molar refractivity (Wildman–Crippen MR) is 57.5 cm³/mol. The number of likely N-dealkylation sites (tertiary alicyclic amines) is 1. The molecule has 5 heteroatoms. The molecule has 5 nitrogen and oxygen atoms in total. The summed E-state index contributed by atoms with van der Waals surface area (Å²) in [6.07, 6.45) is 2.57. The van der Waals surface area contributed by atoms with Crippen LogP contribution >= 0.6 is 0 Å². The molecule has 0 aromatic carbocycles. The lowest BCUT2D eigenvalue weighted by atomic mass is 10.2. The van der Waals surface area contributed by atoms with Crippen LogP contribution in [0.5, 0.6) is 0 Å². The van der Waals surface area contributed by atoms with Crippen molar-refractivity contribution in [3.63, 3.8) is 0 Å². The van der Waals surface area contributed by atoms with E-state index in [1.165, 1.54) is 0 Å². The number of carbonyl (C=O) groups excluding carboxylic acids is 2. The van der Waals surface area contributed by atoms with E-state index in [-0.39, 0.29) is 18.0 Å². The van der Waals surface area contributed by atoms with E-state index in [0.29, 0.717) is 13.1 Å². The van der Waals surface area contributed by atoms with Crippen LogP contribution in [-0.4, -0.2) is 43.0 Å². The average molecular weight is 213 g/mol. The third-order valence-corrected chi connectivity index (χ3v) is 2.59. The Balaban J connectivity index is 2.52. The molecule has 1 unspecified atom stereocenters. The monoisotopic (exact) mass is 213 g/mol. The Hall–Kier alpha value is -1.26. The zero-order valence-corrected chi connectivity index (χ0v) is 9.38. The molecule has 0 bridgehead atoms. The summed E-state index contributed by atoms with van der Waals surface area (Å²) < 4.78 is 0. The van der Waals surface area contributed by atoms with E-state index in [9.17, 15) is 9.59 Å². The van der Waals surface area contributed by atoms with Gasteiger partial charge in [-0.15, -0.1) is 0 Å². The Labute approximate surface area is 90.2 Å². The SMILES string of the molecule is CCCNC(=O)N1CCCC1C(=O)NC. The minimum absolute atomic E-state index is 0.0702. The van der Waals surface area contributed by atoms with E-state index in [4.69, 9.17) is 0 Å². The van der Waals surface area contributed by atoms with Crippen molar-refractivity contribution in [2.75, 3.05) is 20.1 Å². The fourth-order valence-corrected chi connectivity index (χ4v) is 1.78. The predicted octanol–water partition coefficient (Wildman–Crippen LogP) is 0.316. The molecule has 0 aromatic rings. The second kappa shape index (κ2) is 5.58. The van der Waals surface area contributed by atoms with Crippen molar-refractivity contribution in [3.05, 3.63) is 0 Å². The third kappa shape index (κ3) is 2.84. The van der Waals surface area contributed by atoms with E-state index >= 15 is 0 Å². The summed E-state index contributed by atoms with van der Waals surface area (Å²) in [6.45, 7) is 3.34. The van der Waals surface area contributed by atoms with Crippen LogP contribution in [0.1, 0.15) is 26.2 Å². The van der Waals surface area contributed by atoms with Gasteiger partial charge in [0.05, 0.1) is 0 Å². The Kier molecular flexibility index (Phi) is 4.39. The molecule has 1 saturated heterocycles. The van der Waals surface area contributed by atoms with Crippen LogP contribution in [-0.2, 0) is 4.79 Å². The van der Waals surface area contributed by atoms with Gasteiger partial charge in [0, 0.05) is 20.1 Å². The number of hydrogen-bond donors (Lipinski definition) is 2. The van der Waals surface area contributed by atoms with Crippen molar-refractivity contribution in [2.24, 2.45) is 0 Å². The maximum Gasteiger partial charge on any atom is 0.318 e. The number of carbonyl (C=O) groups is 2. The summed E-state index contributed by atoms with van der Waals surface area (Å²) in [5.41, 5.74) is 0. The van der Waals surface area contributed by atoms with Crippen molar-refractivity contribution >= 4 is 11.9 Å². The zero-order valence-electron chi connectivity index (χ0n) is 9.38. The highest BCUT2D eigenvalue weighted by atomic mass is 16.2. The maximum atomic E-state index is 11.7. The molecule has 2 N–H and O–H groups in total. The fourth-order valence-electron chi connectivity index (χ4n) is 1.78. The van der Waals surface area contributed by atoms with Gasteiger partial charge in [-0.05, 0) is 19.3 Å². The third-order valence-electron chi connectivity index (χ3n) is 2.59. The minimum Gasteiger partial charge on any atom is -0.357 e. The van der Waals surface area contributed by atoms with Crippen molar-refractivity contribution in [1.82, 2.24) is 15.5 Å². The summed E-state index contributed by atoms with van der Waals surface area (Å²) in [7, 11) is 1.60. The Morgan fingerprint density at radius 1 is 1.47 bits per heavy atom. The molecule has 1 heterocycles. The summed E-state index contributed by atoms with van der Waals surface area (Å²) in [4.78, 5) is 24.8. The van der Waals surface area contributed by atoms with E-state index in [2.05, 4.69) is 10.6 Å². The zero-order chi connectivity index (χ0) is 11.3. The van der Waals surface area contributed by atoms with Gasteiger partial charge in [-0.25, -0.2) is 4.79 Å². The van der Waals surface area contributed by atoms with Crippen molar-refractivity contribution < 1.29 is 9.59 Å². The van der Waals surface area contributed by atoms with Gasteiger partial charge in [0.1, 0.15) is 6.04 Å². The van der Waals surface area contributed by atoms with E-state index in [1.807, 2.05) is 6.92 Å². The summed E-state index contributed by atoms with van der Waals surface area (Å²) in [5, 5.41) is 5.38.